The topological polar surface area (TPSA) is 84.7 Å². The van der Waals surface area contributed by atoms with Gasteiger partial charge in [0.25, 0.3) is 0 Å². The quantitative estimate of drug-likeness (QED) is 0.762. The van der Waals surface area contributed by atoms with Crippen molar-refractivity contribution in [2.24, 2.45) is 11.8 Å². The highest BCUT2D eigenvalue weighted by Crippen LogP contribution is 2.48. The Morgan fingerprint density at radius 1 is 1.30 bits per heavy atom. The maximum Gasteiger partial charge on any atom is 0.326 e. The van der Waals surface area contributed by atoms with Gasteiger partial charge in [-0.3, -0.25) is 14.9 Å². The number of carbonyl (C=O) groups excluding carboxylic acids is 2. The molecule has 2 fully saturated rings. The van der Waals surface area contributed by atoms with Crippen molar-refractivity contribution in [3.63, 3.8) is 0 Å². The number of aryl methyl sites for hydroxylation is 2. The van der Waals surface area contributed by atoms with Gasteiger partial charge >= 0.3 is 5.97 Å². The molecule has 4 atom stereocenters. The van der Waals surface area contributed by atoms with Crippen LogP contribution in [0, 0.1) is 25.7 Å². The van der Waals surface area contributed by atoms with Crippen molar-refractivity contribution < 1.29 is 18.8 Å². The van der Waals surface area contributed by atoms with Crippen LogP contribution in [0.15, 0.2) is 28.8 Å². The number of amides is 1. The molecule has 30 heavy (non-hydrogen) atoms. The molecule has 1 amide bonds. The van der Waals surface area contributed by atoms with E-state index in [9.17, 15) is 9.59 Å². The van der Waals surface area contributed by atoms with Crippen LogP contribution < -0.4 is 5.32 Å². The average molecular weight is 412 g/mol. The Morgan fingerprint density at radius 2 is 2.00 bits per heavy atom. The fourth-order valence-electron chi connectivity index (χ4n) is 5.08. The van der Waals surface area contributed by atoms with Gasteiger partial charge in [-0.25, -0.2) is 0 Å². The van der Waals surface area contributed by atoms with Gasteiger partial charge in [-0.05, 0) is 45.7 Å². The number of fused-ring (bicyclic) bond motifs is 1. The van der Waals surface area contributed by atoms with Crippen LogP contribution >= 0.6 is 0 Å². The van der Waals surface area contributed by atoms with E-state index in [1.165, 1.54) is 0 Å². The number of rotatable bonds is 5. The van der Waals surface area contributed by atoms with Gasteiger partial charge in [0, 0.05) is 30.6 Å². The van der Waals surface area contributed by atoms with Crippen molar-refractivity contribution in [1.82, 2.24) is 15.4 Å². The lowest BCUT2D eigenvalue weighted by molar-refractivity contribution is -0.151. The van der Waals surface area contributed by atoms with Crippen LogP contribution in [0.5, 0.6) is 0 Å². The minimum absolute atomic E-state index is 0.0998. The second kappa shape index (κ2) is 7.54. The van der Waals surface area contributed by atoms with Crippen LogP contribution in [0.25, 0.3) is 11.1 Å². The molecule has 0 bridgehead atoms. The highest BCUT2D eigenvalue weighted by atomic mass is 16.5. The van der Waals surface area contributed by atoms with Crippen molar-refractivity contribution in [3.05, 3.63) is 41.3 Å². The zero-order chi connectivity index (χ0) is 21.6. The van der Waals surface area contributed by atoms with Gasteiger partial charge in [-0.15, -0.1) is 0 Å². The number of hydrogen-bond donors (Lipinski definition) is 1. The zero-order valence-corrected chi connectivity index (χ0v) is 18.2. The molecule has 2 unspecified atom stereocenters. The summed E-state index contributed by atoms with van der Waals surface area (Å²) in [6.45, 7) is 11.0. The minimum atomic E-state index is -0.898. The van der Waals surface area contributed by atoms with Crippen molar-refractivity contribution in [2.75, 3.05) is 19.7 Å². The first kappa shape index (κ1) is 20.6. The van der Waals surface area contributed by atoms with E-state index in [2.05, 4.69) is 10.5 Å². The van der Waals surface area contributed by atoms with E-state index in [0.29, 0.717) is 19.7 Å². The third-order valence-electron chi connectivity index (χ3n) is 6.68. The standard InChI is InChI=1S/C23H29N3O4/c1-6-26-12-17-19(21(26)27)20(24-23(17,5)22(28)29-7-2)16-10-8-15(9-11-16)18-13(3)25-30-14(18)4/h8-11,17,19-20,24H,6-7,12H2,1-5H3/t17?,19?,20-,23-/m1/s1. The van der Waals surface area contributed by atoms with Gasteiger partial charge in [-0.1, -0.05) is 29.4 Å². The van der Waals surface area contributed by atoms with Crippen molar-refractivity contribution in [2.45, 2.75) is 46.2 Å². The number of likely N-dealkylation sites (tertiary alicyclic amines) is 1. The molecule has 1 aromatic carbocycles. The van der Waals surface area contributed by atoms with Gasteiger partial charge in [0.1, 0.15) is 11.3 Å². The van der Waals surface area contributed by atoms with E-state index < -0.39 is 5.54 Å². The molecule has 2 aromatic rings. The Bertz CT molecular complexity index is 948. The highest BCUT2D eigenvalue weighted by Gasteiger charge is 2.62. The second-order valence-corrected chi connectivity index (χ2v) is 8.38. The molecule has 7 heteroatoms. The van der Waals surface area contributed by atoms with E-state index in [1.807, 2.05) is 56.9 Å². The lowest BCUT2D eigenvalue weighted by atomic mass is 9.81. The first-order valence-electron chi connectivity index (χ1n) is 10.6. The fourth-order valence-corrected chi connectivity index (χ4v) is 5.08. The average Bonchev–Trinajstić information content (AvgIpc) is 3.35. The van der Waals surface area contributed by atoms with E-state index >= 15 is 0 Å². The van der Waals surface area contributed by atoms with Crippen LogP contribution in [0.3, 0.4) is 0 Å². The molecule has 1 aromatic heterocycles. The number of ether oxygens (including phenoxy) is 1. The molecule has 0 saturated carbocycles. The number of nitrogens with one attached hydrogen (secondary N) is 1. The molecule has 0 radical (unpaired) electrons. The molecule has 2 aliphatic heterocycles. The molecule has 2 saturated heterocycles. The van der Waals surface area contributed by atoms with Crippen molar-refractivity contribution in [3.8, 4) is 11.1 Å². The molecule has 0 spiro atoms. The number of hydrogen-bond acceptors (Lipinski definition) is 6. The lowest BCUT2D eigenvalue weighted by Gasteiger charge is -2.30. The molecule has 1 N–H and O–H groups in total. The summed E-state index contributed by atoms with van der Waals surface area (Å²) in [4.78, 5) is 27.8. The summed E-state index contributed by atoms with van der Waals surface area (Å²) in [6.07, 6.45) is 0. The van der Waals surface area contributed by atoms with Gasteiger partial charge < -0.3 is 14.2 Å². The van der Waals surface area contributed by atoms with Gasteiger partial charge in [0.05, 0.1) is 18.2 Å². The number of carbonyl (C=O) groups is 2. The number of aromatic nitrogens is 1. The summed E-state index contributed by atoms with van der Waals surface area (Å²) in [5, 5.41) is 7.50. The monoisotopic (exact) mass is 411 g/mol. The first-order chi connectivity index (χ1) is 14.3. The molecular formula is C23H29N3O4. The summed E-state index contributed by atoms with van der Waals surface area (Å²) in [7, 11) is 0. The van der Waals surface area contributed by atoms with Crippen molar-refractivity contribution >= 4 is 11.9 Å². The predicted octanol–water partition coefficient (Wildman–Crippen LogP) is 3.02. The summed E-state index contributed by atoms with van der Waals surface area (Å²) in [5.41, 5.74) is 2.94. The largest absolute Gasteiger partial charge is 0.465 e. The maximum atomic E-state index is 13.1. The molecule has 7 nitrogen and oxygen atoms in total. The fraction of sp³-hybridized carbons (Fsp3) is 0.522. The Hall–Kier alpha value is -2.67. The summed E-state index contributed by atoms with van der Waals surface area (Å²) in [6, 6.07) is 7.85. The van der Waals surface area contributed by atoms with Crippen LogP contribution in [0.1, 0.15) is 43.8 Å². The van der Waals surface area contributed by atoms with E-state index in [-0.39, 0.29) is 29.8 Å². The molecular weight excluding hydrogens is 382 g/mol. The third kappa shape index (κ3) is 3.03. The van der Waals surface area contributed by atoms with Crippen molar-refractivity contribution in [1.29, 1.82) is 0 Å². The molecule has 3 heterocycles. The number of esters is 1. The highest BCUT2D eigenvalue weighted by molar-refractivity contribution is 5.89. The van der Waals surface area contributed by atoms with Gasteiger partial charge in [0.15, 0.2) is 0 Å². The SMILES string of the molecule is CCOC(=O)[C@]1(C)N[C@H](c2ccc(-c3c(C)noc3C)cc2)C2C(=O)N(CC)CC21. The van der Waals surface area contributed by atoms with E-state index in [1.54, 1.807) is 6.92 Å². The second-order valence-electron chi connectivity index (χ2n) is 8.38. The normalized spacial score (nSPS) is 28.1. The molecule has 0 aliphatic carbocycles. The minimum Gasteiger partial charge on any atom is -0.465 e. The van der Waals surface area contributed by atoms with Gasteiger partial charge in [0.2, 0.25) is 5.91 Å². The third-order valence-corrected chi connectivity index (χ3v) is 6.68. The smallest absolute Gasteiger partial charge is 0.326 e. The Labute approximate surface area is 176 Å². The van der Waals surface area contributed by atoms with E-state index in [0.717, 1.165) is 28.1 Å². The lowest BCUT2D eigenvalue weighted by Crippen LogP contribution is -2.52. The van der Waals surface area contributed by atoms with Crippen LogP contribution in [-0.4, -0.2) is 47.2 Å². The summed E-state index contributed by atoms with van der Waals surface area (Å²) < 4.78 is 10.7. The van der Waals surface area contributed by atoms with Crippen LogP contribution in [-0.2, 0) is 14.3 Å². The number of nitrogens with zero attached hydrogens (tertiary/aromatic N) is 2. The first-order valence-corrected chi connectivity index (χ1v) is 10.6. The molecule has 160 valence electrons. The Balaban J connectivity index is 1.69. The van der Waals surface area contributed by atoms with Crippen LogP contribution in [0.4, 0.5) is 0 Å². The molecule has 4 rings (SSSR count). The summed E-state index contributed by atoms with van der Waals surface area (Å²) >= 11 is 0. The van der Waals surface area contributed by atoms with Gasteiger partial charge in [-0.2, -0.15) is 0 Å². The Kier molecular flexibility index (Phi) is 5.18. The van der Waals surface area contributed by atoms with E-state index in [4.69, 9.17) is 9.26 Å². The maximum absolute atomic E-state index is 13.1. The molecule has 2 aliphatic rings. The Morgan fingerprint density at radius 3 is 2.57 bits per heavy atom. The zero-order valence-electron chi connectivity index (χ0n) is 18.2. The number of benzene rings is 1. The predicted molar refractivity (Wildman–Crippen MR) is 112 cm³/mol. The summed E-state index contributed by atoms with van der Waals surface area (Å²) in [5.74, 6) is 0.169. The van der Waals surface area contributed by atoms with Crippen LogP contribution in [0.2, 0.25) is 0 Å².